The van der Waals surface area contributed by atoms with Crippen LogP contribution in [0.2, 0.25) is 0 Å². The van der Waals surface area contributed by atoms with E-state index in [0.29, 0.717) is 12.2 Å². The van der Waals surface area contributed by atoms with Gasteiger partial charge in [-0.2, -0.15) is 0 Å². The van der Waals surface area contributed by atoms with Crippen LogP contribution >= 0.6 is 0 Å². The van der Waals surface area contributed by atoms with Gasteiger partial charge in [0.25, 0.3) is 0 Å². The van der Waals surface area contributed by atoms with Crippen molar-refractivity contribution in [2.45, 2.75) is 33.2 Å². The maximum Gasteiger partial charge on any atom is 0.338 e. The highest BCUT2D eigenvalue weighted by Gasteiger charge is 2.23. The Bertz CT molecular complexity index is 416. The van der Waals surface area contributed by atoms with Gasteiger partial charge in [-0.05, 0) is 53.9 Å². The van der Waals surface area contributed by atoms with Crippen molar-refractivity contribution in [3.8, 4) is 0 Å². The zero-order valence-corrected chi connectivity index (χ0v) is 12.2. The van der Waals surface area contributed by atoms with E-state index in [9.17, 15) is 4.79 Å². The first kappa shape index (κ1) is 14.7. The third kappa shape index (κ3) is 3.84. The van der Waals surface area contributed by atoms with Gasteiger partial charge < -0.3 is 9.64 Å². The lowest BCUT2D eigenvalue weighted by molar-refractivity contribution is 0.0254. The fourth-order valence-corrected chi connectivity index (χ4v) is 1.55. The first-order valence-electron chi connectivity index (χ1n) is 6.15. The van der Waals surface area contributed by atoms with Crippen molar-refractivity contribution >= 4 is 5.97 Å². The molecule has 1 rings (SSSR count). The zero-order chi connectivity index (χ0) is 13.9. The lowest BCUT2D eigenvalue weighted by Gasteiger charge is -2.31. The quantitative estimate of drug-likeness (QED) is 0.768. The van der Waals surface area contributed by atoms with E-state index < -0.39 is 0 Å². The highest BCUT2D eigenvalue weighted by molar-refractivity contribution is 5.89. The summed E-state index contributed by atoms with van der Waals surface area (Å²) in [5.41, 5.74) is 2.62. The summed E-state index contributed by atoms with van der Waals surface area (Å²) in [5, 5.41) is 0. The van der Waals surface area contributed by atoms with Crippen LogP contribution in [0.3, 0.4) is 0 Å². The van der Waals surface area contributed by atoms with E-state index in [-0.39, 0.29) is 11.5 Å². The minimum atomic E-state index is -0.253. The lowest BCUT2D eigenvalue weighted by atomic mass is 10.1. The first-order chi connectivity index (χ1) is 8.22. The van der Waals surface area contributed by atoms with Crippen molar-refractivity contribution in [1.29, 1.82) is 0 Å². The van der Waals surface area contributed by atoms with Gasteiger partial charge in [-0.25, -0.2) is 4.79 Å². The molecule has 0 heterocycles. The van der Waals surface area contributed by atoms with Gasteiger partial charge in [-0.1, -0.05) is 17.2 Å². The molecule has 0 amide bonds. The molecule has 1 aromatic carbocycles. The van der Waals surface area contributed by atoms with E-state index in [2.05, 4.69) is 0 Å². The largest absolute Gasteiger partial charge is 0.460 e. The summed E-state index contributed by atoms with van der Waals surface area (Å²) in [6.07, 6.45) is 0. The number of benzene rings is 1. The van der Waals surface area contributed by atoms with Crippen molar-refractivity contribution < 1.29 is 9.53 Å². The number of aryl methyl sites for hydroxylation is 2. The number of nitrogens with zero attached hydrogens (tertiary/aromatic N) is 1. The molecule has 0 aliphatic rings. The standard InChI is InChI=1S/C15H23NO2/c1-11-7-12(2)9-13(8-11)14(17)18-10-15(3,4)16(5)6/h7-9H,10H2,1-6H3. The number of carbonyl (C=O) groups excluding carboxylic acids is 1. The molecule has 3 heteroatoms. The molecule has 0 aliphatic heterocycles. The van der Waals surface area contributed by atoms with Gasteiger partial charge >= 0.3 is 5.97 Å². The Morgan fingerprint density at radius 3 is 2.11 bits per heavy atom. The Kier molecular flexibility index (Phi) is 4.52. The summed E-state index contributed by atoms with van der Waals surface area (Å²) in [6.45, 7) is 8.43. The van der Waals surface area contributed by atoms with E-state index in [1.54, 1.807) is 0 Å². The Labute approximate surface area is 110 Å². The van der Waals surface area contributed by atoms with Gasteiger partial charge in [0.05, 0.1) is 5.56 Å². The van der Waals surface area contributed by atoms with Crippen LogP contribution < -0.4 is 0 Å². The van der Waals surface area contributed by atoms with Crippen LogP contribution in [0.4, 0.5) is 0 Å². The van der Waals surface area contributed by atoms with Crippen molar-refractivity contribution in [2.24, 2.45) is 0 Å². The van der Waals surface area contributed by atoms with Gasteiger partial charge in [-0.3, -0.25) is 0 Å². The van der Waals surface area contributed by atoms with Gasteiger partial charge in [-0.15, -0.1) is 0 Å². The number of likely N-dealkylation sites (N-methyl/N-ethyl adjacent to an activating group) is 1. The number of hydrogen-bond donors (Lipinski definition) is 0. The molecule has 0 aliphatic carbocycles. The topological polar surface area (TPSA) is 29.5 Å². The molecule has 0 aromatic heterocycles. The number of rotatable bonds is 4. The van der Waals surface area contributed by atoms with Crippen molar-refractivity contribution in [1.82, 2.24) is 4.90 Å². The molecule has 0 bridgehead atoms. The second-order valence-electron chi connectivity index (χ2n) is 5.66. The van der Waals surface area contributed by atoms with Gasteiger partial charge in [0.1, 0.15) is 6.61 Å². The Hall–Kier alpha value is -1.35. The molecule has 0 saturated carbocycles. The van der Waals surface area contributed by atoms with Crippen LogP contribution in [0.15, 0.2) is 18.2 Å². The first-order valence-corrected chi connectivity index (χ1v) is 6.15. The fourth-order valence-electron chi connectivity index (χ4n) is 1.55. The molecular formula is C15H23NO2. The maximum absolute atomic E-state index is 12.0. The van der Waals surface area contributed by atoms with Crippen LogP contribution in [0.1, 0.15) is 35.3 Å². The van der Waals surface area contributed by atoms with E-state index in [0.717, 1.165) is 11.1 Å². The predicted molar refractivity (Wildman–Crippen MR) is 74.0 cm³/mol. The van der Waals surface area contributed by atoms with Crippen LogP contribution in [0.5, 0.6) is 0 Å². The highest BCUT2D eigenvalue weighted by atomic mass is 16.5. The summed E-state index contributed by atoms with van der Waals surface area (Å²) in [6, 6.07) is 5.76. The molecular weight excluding hydrogens is 226 g/mol. The maximum atomic E-state index is 12.0. The van der Waals surface area contributed by atoms with Crippen LogP contribution in [0, 0.1) is 13.8 Å². The van der Waals surface area contributed by atoms with Crippen LogP contribution in [-0.2, 0) is 4.74 Å². The predicted octanol–water partition coefficient (Wildman–Crippen LogP) is 2.80. The smallest absolute Gasteiger partial charge is 0.338 e. The normalized spacial score (nSPS) is 11.7. The number of hydrogen-bond acceptors (Lipinski definition) is 3. The number of carbonyl (C=O) groups is 1. The second kappa shape index (κ2) is 5.53. The van der Waals surface area contributed by atoms with Crippen molar-refractivity contribution in [2.75, 3.05) is 20.7 Å². The third-order valence-electron chi connectivity index (χ3n) is 3.22. The molecule has 0 unspecified atom stereocenters. The Morgan fingerprint density at radius 2 is 1.67 bits per heavy atom. The Balaban J connectivity index is 2.72. The summed E-state index contributed by atoms with van der Waals surface area (Å²) >= 11 is 0. The molecule has 100 valence electrons. The van der Waals surface area contributed by atoms with Crippen LogP contribution in [0.25, 0.3) is 0 Å². The SMILES string of the molecule is Cc1cc(C)cc(C(=O)OCC(C)(C)N(C)C)c1. The molecule has 3 nitrogen and oxygen atoms in total. The van der Waals surface area contributed by atoms with E-state index in [1.165, 1.54) is 0 Å². The summed E-state index contributed by atoms with van der Waals surface area (Å²) in [4.78, 5) is 14.0. The van der Waals surface area contributed by atoms with Crippen LogP contribution in [-0.4, -0.2) is 37.1 Å². The minimum absolute atomic E-state index is 0.158. The summed E-state index contributed by atoms with van der Waals surface area (Å²) < 4.78 is 5.38. The van der Waals surface area contributed by atoms with Gasteiger partial charge in [0.15, 0.2) is 0 Å². The average Bonchev–Trinajstić information content (AvgIpc) is 2.24. The van der Waals surface area contributed by atoms with E-state index in [4.69, 9.17) is 4.74 Å². The molecule has 0 saturated heterocycles. The molecule has 0 fully saturated rings. The molecule has 1 aromatic rings. The monoisotopic (exact) mass is 249 g/mol. The molecule has 0 N–H and O–H groups in total. The van der Waals surface area contributed by atoms with E-state index in [1.807, 2.05) is 64.9 Å². The molecule has 0 spiro atoms. The fraction of sp³-hybridized carbons (Fsp3) is 0.533. The van der Waals surface area contributed by atoms with Crippen molar-refractivity contribution in [3.63, 3.8) is 0 Å². The summed E-state index contributed by atoms with van der Waals surface area (Å²) in [5.74, 6) is -0.253. The van der Waals surface area contributed by atoms with Crippen molar-refractivity contribution in [3.05, 3.63) is 34.9 Å². The zero-order valence-electron chi connectivity index (χ0n) is 12.2. The minimum Gasteiger partial charge on any atom is -0.460 e. The molecule has 0 radical (unpaired) electrons. The van der Waals surface area contributed by atoms with Gasteiger partial charge in [0.2, 0.25) is 0 Å². The number of esters is 1. The van der Waals surface area contributed by atoms with E-state index >= 15 is 0 Å². The summed E-state index contributed by atoms with van der Waals surface area (Å²) in [7, 11) is 3.95. The second-order valence-corrected chi connectivity index (χ2v) is 5.66. The molecule has 0 atom stereocenters. The third-order valence-corrected chi connectivity index (χ3v) is 3.22. The Morgan fingerprint density at radius 1 is 1.17 bits per heavy atom. The lowest BCUT2D eigenvalue weighted by Crippen LogP contribution is -2.43. The molecule has 18 heavy (non-hydrogen) atoms. The van der Waals surface area contributed by atoms with Gasteiger partial charge in [0, 0.05) is 5.54 Å². The highest BCUT2D eigenvalue weighted by Crippen LogP contribution is 2.14. The average molecular weight is 249 g/mol. The number of ether oxygens (including phenoxy) is 1.